The maximum atomic E-state index is 5.94. The fraction of sp³-hybridized carbons (Fsp3) is 0.0909. The van der Waals surface area contributed by atoms with E-state index in [1.54, 1.807) is 11.8 Å². The molecule has 0 fully saturated rings. The molecule has 0 aliphatic rings. The van der Waals surface area contributed by atoms with Gasteiger partial charge in [-0.15, -0.1) is 11.8 Å². The first kappa shape index (κ1) is 12.9. The standard InChI is InChI=1S/C11H11ClN4OS/c1-18-8-4-2-7(3-5-8)17-10-9(12)6-14-11(15-10)16-13/h2-6H,13H2,1H3,(H,14,15,16). The van der Waals surface area contributed by atoms with Crippen LogP contribution in [-0.2, 0) is 0 Å². The number of thioether (sulfide) groups is 1. The summed E-state index contributed by atoms with van der Waals surface area (Å²) in [6.45, 7) is 0. The van der Waals surface area contributed by atoms with E-state index in [0.29, 0.717) is 10.8 Å². The van der Waals surface area contributed by atoms with Crippen LogP contribution in [0.15, 0.2) is 35.4 Å². The zero-order valence-corrected chi connectivity index (χ0v) is 11.1. The van der Waals surface area contributed by atoms with E-state index in [2.05, 4.69) is 15.4 Å². The Morgan fingerprint density at radius 3 is 2.67 bits per heavy atom. The number of nitrogens with one attached hydrogen (secondary N) is 1. The van der Waals surface area contributed by atoms with Crippen LogP contribution in [0.25, 0.3) is 0 Å². The van der Waals surface area contributed by atoms with Crippen LogP contribution in [0, 0.1) is 0 Å². The summed E-state index contributed by atoms with van der Waals surface area (Å²) < 4.78 is 5.56. The number of hydrogen-bond donors (Lipinski definition) is 2. The molecule has 0 saturated carbocycles. The lowest BCUT2D eigenvalue weighted by Gasteiger charge is -2.07. The third kappa shape index (κ3) is 3.04. The number of anilines is 1. The molecule has 7 heteroatoms. The number of halogens is 1. The van der Waals surface area contributed by atoms with Crippen molar-refractivity contribution in [1.82, 2.24) is 9.97 Å². The summed E-state index contributed by atoms with van der Waals surface area (Å²) in [4.78, 5) is 9.04. The van der Waals surface area contributed by atoms with Crippen LogP contribution in [0.4, 0.5) is 5.95 Å². The number of hydrogen-bond acceptors (Lipinski definition) is 6. The average molecular weight is 283 g/mol. The lowest BCUT2D eigenvalue weighted by Crippen LogP contribution is -2.10. The van der Waals surface area contributed by atoms with Crippen molar-refractivity contribution in [3.05, 3.63) is 35.5 Å². The first-order valence-corrected chi connectivity index (χ1v) is 6.64. The average Bonchev–Trinajstić information content (AvgIpc) is 2.42. The number of ether oxygens (including phenoxy) is 1. The Balaban J connectivity index is 2.21. The second kappa shape index (κ2) is 5.90. The van der Waals surface area contributed by atoms with Crippen LogP contribution in [0.3, 0.4) is 0 Å². The Morgan fingerprint density at radius 1 is 1.33 bits per heavy atom. The highest BCUT2D eigenvalue weighted by molar-refractivity contribution is 7.98. The third-order valence-electron chi connectivity index (χ3n) is 2.11. The minimum absolute atomic E-state index is 0.245. The third-order valence-corrected chi connectivity index (χ3v) is 3.12. The Hall–Kier alpha value is -1.50. The summed E-state index contributed by atoms with van der Waals surface area (Å²) in [5.74, 6) is 6.38. The largest absolute Gasteiger partial charge is 0.437 e. The molecule has 18 heavy (non-hydrogen) atoms. The van der Waals surface area contributed by atoms with Crippen molar-refractivity contribution < 1.29 is 4.74 Å². The van der Waals surface area contributed by atoms with Crippen LogP contribution in [0.2, 0.25) is 5.02 Å². The van der Waals surface area contributed by atoms with Crippen LogP contribution >= 0.6 is 23.4 Å². The van der Waals surface area contributed by atoms with Crippen LogP contribution in [-0.4, -0.2) is 16.2 Å². The fourth-order valence-corrected chi connectivity index (χ4v) is 1.79. The number of rotatable bonds is 4. The van der Waals surface area contributed by atoms with E-state index in [-0.39, 0.29) is 11.8 Å². The molecule has 0 aliphatic heterocycles. The van der Waals surface area contributed by atoms with Gasteiger partial charge in [-0.2, -0.15) is 4.98 Å². The number of nitrogen functional groups attached to an aromatic ring is 1. The van der Waals surface area contributed by atoms with Gasteiger partial charge in [0.05, 0.1) is 6.20 Å². The van der Waals surface area contributed by atoms with Gasteiger partial charge in [-0.1, -0.05) is 11.6 Å². The zero-order valence-electron chi connectivity index (χ0n) is 9.55. The molecule has 0 radical (unpaired) electrons. The van der Waals surface area contributed by atoms with Crippen LogP contribution in [0.5, 0.6) is 11.6 Å². The maximum Gasteiger partial charge on any atom is 0.243 e. The van der Waals surface area contributed by atoms with E-state index < -0.39 is 0 Å². The Labute approximate surface area is 114 Å². The summed E-state index contributed by atoms with van der Waals surface area (Å²) in [7, 11) is 0. The highest BCUT2D eigenvalue weighted by Gasteiger charge is 2.07. The van der Waals surface area contributed by atoms with E-state index in [9.17, 15) is 0 Å². The number of nitrogens with zero attached hydrogens (tertiary/aromatic N) is 2. The number of aromatic nitrogens is 2. The molecule has 1 aromatic heterocycles. The van der Waals surface area contributed by atoms with Crippen LogP contribution < -0.4 is 16.0 Å². The lowest BCUT2D eigenvalue weighted by molar-refractivity contribution is 0.462. The quantitative estimate of drug-likeness (QED) is 0.510. The highest BCUT2D eigenvalue weighted by Crippen LogP contribution is 2.28. The van der Waals surface area contributed by atoms with Gasteiger partial charge >= 0.3 is 0 Å². The molecule has 2 aromatic rings. The molecule has 0 aliphatic carbocycles. The van der Waals surface area contributed by atoms with Crippen molar-refractivity contribution in [3.63, 3.8) is 0 Å². The van der Waals surface area contributed by atoms with Gasteiger partial charge in [-0.05, 0) is 30.5 Å². The molecule has 0 bridgehead atoms. The van der Waals surface area contributed by atoms with Gasteiger partial charge in [0, 0.05) is 4.90 Å². The molecule has 0 spiro atoms. The topological polar surface area (TPSA) is 73.1 Å². The Morgan fingerprint density at radius 2 is 2.06 bits per heavy atom. The molecule has 5 nitrogen and oxygen atoms in total. The van der Waals surface area contributed by atoms with Gasteiger partial charge in [0.1, 0.15) is 10.8 Å². The summed E-state index contributed by atoms with van der Waals surface area (Å²) in [6.07, 6.45) is 3.44. The SMILES string of the molecule is CSc1ccc(Oc2nc(NN)ncc2Cl)cc1. The van der Waals surface area contributed by atoms with Crippen molar-refractivity contribution in [2.24, 2.45) is 5.84 Å². The minimum atomic E-state index is 0.245. The van der Waals surface area contributed by atoms with Gasteiger partial charge in [0.2, 0.25) is 11.8 Å². The summed E-state index contributed by atoms with van der Waals surface area (Å²) in [5, 5.41) is 0.322. The molecule has 1 aromatic carbocycles. The number of benzene rings is 1. The second-order valence-electron chi connectivity index (χ2n) is 3.27. The molecule has 94 valence electrons. The van der Waals surface area contributed by atoms with Crippen LogP contribution in [0.1, 0.15) is 0 Å². The fourth-order valence-electron chi connectivity index (χ4n) is 1.25. The van der Waals surface area contributed by atoms with Crippen molar-refractivity contribution in [2.75, 3.05) is 11.7 Å². The molecular formula is C11H11ClN4OS. The summed E-state index contributed by atoms with van der Waals surface area (Å²) in [5.41, 5.74) is 2.33. The van der Waals surface area contributed by atoms with Crippen molar-refractivity contribution in [2.45, 2.75) is 4.90 Å². The number of hydrazine groups is 1. The van der Waals surface area contributed by atoms with Crippen molar-refractivity contribution in [1.29, 1.82) is 0 Å². The van der Waals surface area contributed by atoms with Gasteiger partial charge in [-0.25, -0.2) is 10.8 Å². The molecular weight excluding hydrogens is 272 g/mol. The molecule has 0 amide bonds. The molecule has 0 unspecified atom stereocenters. The van der Waals surface area contributed by atoms with E-state index in [1.165, 1.54) is 6.20 Å². The van der Waals surface area contributed by atoms with Gasteiger partial charge in [-0.3, -0.25) is 5.43 Å². The maximum absolute atomic E-state index is 5.94. The van der Waals surface area contributed by atoms with Crippen molar-refractivity contribution >= 4 is 29.3 Å². The van der Waals surface area contributed by atoms with Gasteiger partial charge in [0.25, 0.3) is 0 Å². The molecule has 0 saturated heterocycles. The molecule has 1 heterocycles. The molecule has 0 atom stereocenters. The normalized spacial score (nSPS) is 10.2. The van der Waals surface area contributed by atoms with Gasteiger partial charge in [0.15, 0.2) is 0 Å². The first-order valence-electron chi connectivity index (χ1n) is 5.04. The monoisotopic (exact) mass is 282 g/mol. The Kier molecular flexibility index (Phi) is 4.24. The smallest absolute Gasteiger partial charge is 0.243 e. The zero-order chi connectivity index (χ0) is 13.0. The highest BCUT2D eigenvalue weighted by atomic mass is 35.5. The predicted molar refractivity (Wildman–Crippen MR) is 73.1 cm³/mol. The van der Waals surface area contributed by atoms with E-state index in [1.807, 2.05) is 30.5 Å². The van der Waals surface area contributed by atoms with E-state index in [4.69, 9.17) is 22.2 Å². The van der Waals surface area contributed by atoms with Gasteiger partial charge < -0.3 is 4.74 Å². The van der Waals surface area contributed by atoms with E-state index >= 15 is 0 Å². The Bertz CT molecular complexity index is 535. The molecule has 2 rings (SSSR count). The predicted octanol–water partition coefficient (Wildman–Crippen LogP) is 2.93. The lowest BCUT2D eigenvalue weighted by atomic mass is 10.3. The van der Waals surface area contributed by atoms with Crippen molar-refractivity contribution in [3.8, 4) is 11.6 Å². The van der Waals surface area contributed by atoms with E-state index in [0.717, 1.165) is 4.90 Å². The first-order chi connectivity index (χ1) is 8.72. The minimum Gasteiger partial charge on any atom is -0.437 e. The summed E-state index contributed by atoms with van der Waals surface area (Å²) >= 11 is 7.60. The molecule has 3 N–H and O–H groups in total. The second-order valence-corrected chi connectivity index (χ2v) is 4.56. The number of nitrogens with two attached hydrogens (primary N) is 1. The summed E-state index contributed by atoms with van der Waals surface area (Å²) in [6, 6.07) is 7.61.